The molecule has 0 saturated carbocycles. The van der Waals surface area contributed by atoms with E-state index in [1.54, 1.807) is 6.07 Å². The minimum atomic E-state index is -0.580. The molecule has 0 N–H and O–H groups in total. The Labute approximate surface area is 258 Å². The molecule has 0 saturated heterocycles. The summed E-state index contributed by atoms with van der Waals surface area (Å²) in [6.07, 6.45) is 2.35. The third kappa shape index (κ3) is 5.07. The predicted molar refractivity (Wildman–Crippen MR) is 170 cm³/mol. The van der Waals surface area contributed by atoms with Crippen molar-refractivity contribution >= 4 is 45.5 Å². The van der Waals surface area contributed by atoms with Gasteiger partial charge in [-0.15, -0.1) is 0 Å². The number of allylic oxidation sites excluding steroid dienone is 4. The number of rotatable bonds is 5. The van der Waals surface area contributed by atoms with Crippen molar-refractivity contribution in [3.8, 4) is 5.75 Å². The van der Waals surface area contributed by atoms with Crippen LogP contribution in [0.25, 0.3) is 10.8 Å². The van der Waals surface area contributed by atoms with Gasteiger partial charge >= 0.3 is 0 Å². The summed E-state index contributed by atoms with van der Waals surface area (Å²) in [6.45, 7) is 11.7. The van der Waals surface area contributed by atoms with E-state index in [2.05, 4.69) is 57.7 Å². The zero-order valence-corrected chi connectivity index (χ0v) is 26.5. The van der Waals surface area contributed by atoms with Crippen molar-refractivity contribution in [2.75, 3.05) is 6.54 Å². The van der Waals surface area contributed by atoms with Crippen LogP contribution < -0.4 is 4.74 Å². The van der Waals surface area contributed by atoms with Crippen LogP contribution >= 0.6 is 23.2 Å². The summed E-state index contributed by atoms with van der Waals surface area (Å²) in [4.78, 5) is 30.4. The largest absolute Gasteiger partial charge is 0.487 e. The zero-order valence-electron chi connectivity index (χ0n) is 24.9. The van der Waals surface area contributed by atoms with Gasteiger partial charge in [0.25, 0.3) is 0 Å². The van der Waals surface area contributed by atoms with E-state index >= 15 is 0 Å². The van der Waals surface area contributed by atoms with Crippen LogP contribution in [-0.2, 0) is 16.2 Å². The molecule has 42 heavy (non-hydrogen) atoms. The van der Waals surface area contributed by atoms with Crippen molar-refractivity contribution in [3.63, 3.8) is 0 Å². The summed E-state index contributed by atoms with van der Waals surface area (Å²) in [5.74, 6) is 0.0385. The van der Waals surface area contributed by atoms with Gasteiger partial charge in [0.2, 0.25) is 0 Å². The molecular formula is C36H37Cl2NO3. The van der Waals surface area contributed by atoms with Gasteiger partial charge in [-0.1, -0.05) is 93.4 Å². The van der Waals surface area contributed by atoms with E-state index in [1.165, 1.54) is 0 Å². The second-order valence-electron chi connectivity index (χ2n) is 13.5. The number of hydrogen-bond donors (Lipinski definition) is 0. The van der Waals surface area contributed by atoms with Gasteiger partial charge in [-0.05, 0) is 59.1 Å². The van der Waals surface area contributed by atoms with Gasteiger partial charge in [-0.3, -0.25) is 9.59 Å². The maximum Gasteiger partial charge on any atom is 0.162 e. The maximum absolute atomic E-state index is 14.1. The molecule has 3 aromatic carbocycles. The molecule has 6 heteroatoms. The quantitative estimate of drug-likeness (QED) is 0.292. The van der Waals surface area contributed by atoms with Gasteiger partial charge in [0.05, 0.1) is 5.02 Å². The predicted octanol–water partition coefficient (Wildman–Crippen LogP) is 9.43. The van der Waals surface area contributed by atoms with Gasteiger partial charge in [0.1, 0.15) is 12.4 Å². The first-order valence-corrected chi connectivity index (χ1v) is 15.5. The van der Waals surface area contributed by atoms with Gasteiger partial charge < -0.3 is 9.64 Å². The number of benzene rings is 3. The van der Waals surface area contributed by atoms with E-state index in [0.717, 1.165) is 40.6 Å². The SMILES string of the molecule is CCN1C2=C(C(=O)CC(C)(C)C2)C(c2cc(Cl)cc(Cl)c2OCc2cccc3ccccc23)C2=C1CC(C)(C)CC2=O. The summed E-state index contributed by atoms with van der Waals surface area (Å²) in [5.41, 5.74) is 4.77. The zero-order chi connectivity index (χ0) is 30.0. The van der Waals surface area contributed by atoms with Crippen molar-refractivity contribution in [2.45, 2.75) is 72.8 Å². The Hall–Kier alpha value is -3.08. The minimum absolute atomic E-state index is 0.0741. The Morgan fingerprint density at radius 1 is 0.833 bits per heavy atom. The molecule has 0 aromatic heterocycles. The van der Waals surface area contributed by atoms with Gasteiger partial charge in [-0.2, -0.15) is 0 Å². The fraction of sp³-hybridized carbons (Fsp3) is 0.389. The molecule has 0 atom stereocenters. The Bertz CT molecular complexity index is 1640. The Balaban J connectivity index is 1.54. The lowest BCUT2D eigenvalue weighted by atomic mass is 9.63. The van der Waals surface area contributed by atoms with E-state index in [1.807, 2.05) is 30.3 Å². The molecule has 218 valence electrons. The number of hydrogen-bond acceptors (Lipinski definition) is 4. The molecule has 1 aliphatic heterocycles. The molecule has 1 heterocycles. The summed E-state index contributed by atoms with van der Waals surface area (Å²) in [6, 6.07) is 17.9. The number of carbonyl (C=O) groups is 2. The van der Waals surface area contributed by atoms with Crippen LogP contribution in [0, 0.1) is 10.8 Å². The van der Waals surface area contributed by atoms with Crippen LogP contribution in [0.15, 0.2) is 77.1 Å². The lowest BCUT2D eigenvalue weighted by Crippen LogP contribution is -2.44. The number of ketones is 2. The van der Waals surface area contributed by atoms with Crippen LogP contribution in [0.2, 0.25) is 10.0 Å². The molecule has 0 bridgehead atoms. The first kappa shape index (κ1) is 29.0. The molecule has 0 fully saturated rings. The lowest BCUT2D eigenvalue weighted by molar-refractivity contribution is -0.119. The van der Waals surface area contributed by atoms with E-state index in [0.29, 0.717) is 51.9 Å². The highest BCUT2D eigenvalue weighted by Gasteiger charge is 2.49. The van der Waals surface area contributed by atoms with Crippen molar-refractivity contribution in [1.29, 1.82) is 0 Å². The number of Topliss-reactive ketones (excluding diaryl/α,β-unsaturated/α-hetero) is 2. The second-order valence-corrected chi connectivity index (χ2v) is 14.4. The fourth-order valence-electron chi connectivity index (χ4n) is 7.26. The van der Waals surface area contributed by atoms with E-state index < -0.39 is 5.92 Å². The normalized spacial score (nSPS) is 20.2. The second kappa shape index (κ2) is 10.6. The molecule has 4 nitrogen and oxygen atoms in total. The number of ether oxygens (including phenoxy) is 1. The fourth-order valence-corrected chi connectivity index (χ4v) is 7.82. The Morgan fingerprint density at radius 3 is 2.05 bits per heavy atom. The van der Waals surface area contributed by atoms with Crippen LogP contribution in [0.5, 0.6) is 5.75 Å². The average Bonchev–Trinajstić information content (AvgIpc) is 2.90. The van der Waals surface area contributed by atoms with Crippen LogP contribution in [0.4, 0.5) is 0 Å². The van der Waals surface area contributed by atoms with Crippen LogP contribution in [-0.4, -0.2) is 23.0 Å². The Morgan fingerprint density at radius 2 is 1.43 bits per heavy atom. The van der Waals surface area contributed by atoms with E-state index in [9.17, 15) is 9.59 Å². The molecular weight excluding hydrogens is 565 g/mol. The summed E-state index contributed by atoms with van der Waals surface area (Å²) < 4.78 is 6.56. The molecule has 3 aliphatic rings. The van der Waals surface area contributed by atoms with Crippen LogP contribution in [0.3, 0.4) is 0 Å². The molecule has 0 amide bonds. The van der Waals surface area contributed by atoms with Crippen molar-refractivity contribution in [1.82, 2.24) is 4.90 Å². The summed E-state index contributed by atoms with van der Waals surface area (Å²) in [7, 11) is 0. The summed E-state index contributed by atoms with van der Waals surface area (Å²) >= 11 is 13.5. The topological polar surface area (TPSA) is 46.6 Å². The number of carbonyl (C=O) groups excluding carboxylic acids is 2. The van der Waals surface area contributed by atoms with E-state index in [-0.39, 0.29) is 29.0 Å². The highest BCUT2D eigenvalue weighted by molar-refractivity contribution is 6.35. The van der Waals surface area contributed by atoms with Gasteiger partial charge in [-0.25, -0.2) is 0 Å². The first-order chi connectivity index (χ1) is 19.9. The number of halogens is 2. The van der Waals surface area contributed by atoms with Crippen molar-refractivity contribution in [3.05, 3.63) is 98.3 Å². The number of nitrogens with zero attached hydrogens (tertiary/aromatic N) is 1. The molecule has 0 spiro atoms. The number of fused-ring (bicyclic) bond motifs is 1. The average molecular weight is 603 g/mol. The standard InChI is InChI=1S/C36H37Cl2NO3/c1-6-39-27-16-35(2,3)18-29(40)32(27)31(33-28(39)17-36(4,5)19-30(33)41)25-14-23(37)15-26(38)34(25)42-20-22-12-9-11-21-10-7-8-13-24(21)22/h7-15,31H,6,16-20H2,1-5H3. The van der Waals surface area contributed by atoms with Crippen molar-refractivity contribution in [2.24, 2.45) is 10.8 Å². The molecule has 0 radical (unpaired) electrons. The van der Waals surface area contributed by atoms with Crippen LogP contribution in [0.1, 0.15) is 77.3 Å². The third-order valence-corrected chi connectivity index (χ3v) is 9.44. The smallest absolute Gasteiger partial charge is 0.162 e. The highest BCUT2D eigenvalue weighted by Crippen LogP contribution is 2.56. The first-order valence-electron chi connectivity index (χ1n) is 14.8. The van der Waals surface area contributed by atoms with E-state index in [4.69, 9.17) is 27.9 Å². The molecule has 0 unspecified atom stereocenters. The Kier molecular flexibility index (Phi) is 7.30. The highest BCUT2D eigenvalue weighted by atomic mass is 35.5. The molecule has 3 aromatic rings. The third-order valence-electron chi connectivity index (χ3n) is 8.94. The van der Waals surface area contributed by atoms with Crippen molar-refractivity contribution < 1.29 is 14.3 Å². The lowest BCUT2D eigenvalue weighted by Gasteiger charge is -2.49. The molecule has 6 rings (SSSR count). The summed E-state index contributed by atoms with van der Waals surface area (Å²) in [5, 5.41) is 3.05. The van der Waals surface area contributed by atoms with Gasteiger partial charge in [0.15, 0.2) is 11.6 Å². The molecule has 2 aliphatic carbocycles. The maximum atomic E-state index is 14.1. The monoisotopic (exact) mass is 601 g/mol. The van der Waals surface area contributed by atoms with Gasteiger partial charge in [0, 0.05) is 58.4 Å². The minimum Gasteiger partial charge on any atom is -0.487 e.